The fourth-order valence-electron chi connectivity index (χ4n) is 3.48. The normalized spacial score (nSPS) is 49.0. The Morgan fingerprint density at radius 1 is 1.27 bits per heavy atom. The van der Waals surface area contributed by atoms with Crippen LogP contribution in [0.3, 0.4) is 0 Å². The second-order valence-corrected chi connectivity index (χ2v) is 5.87. The van der Waals surface area contributed by atoms with Gasteiger partial charge in [0.2, 0.25) is 5.92 Å². The van der Waals surface area contributed by atoms with E-state index in [-0.39, 0.29) is 24.2 Å². The summed E-state index contributed by atoms with van der Waals surface area (Å²) in [7, 11) is 0. The lowest BCUT2D eigenvalue weighted by atomic mass is 9.68. The Kier molecular flexibility index (Phi) is 2.38. The highest BCUT2D eigenvalue weighted by molar-refractivity contribution is 5.04. The van der Waals surface area contributed by atoms with E-state index in [1.807, 2.05) is 6.92 Å². The van der Waals surface area contributed by atoms with E-state index in [0.717, 1.165) is 0 Å². The van der Waals surface area contributed by atoms with Crippen LogP contribution in [0.4, 0.5) is 8.78 Å². The van der Waals surface area contributed by atoms with Crippen LogP contribution >= 0.6 is 0 Å². The molecule has 0 aliphatic heterocycles. The molecule has 88 valence electrons. The lowest BCUT2D eigenvalue weighted by Crippen LogP contribution is -2.36. The molecule has 3 atom stereocenters. The number of rotatable bonds is 1. The van der Waals surface area contributed by atoms with Crippen LogP contribution in [0, 0.1) is 11.3 Å². The summed E-state index contributed by atoms with van der Waals surface area (Å²) in [5, 5.41) is 10.2. The summed E-state index contributed by atoms with van der Waals surface area (Å²) in [6.07, 6.45) is 2.50. The molecule has 2 fully saturated rings. The first-order valence-electron chi connectivity index (χ1n) is 5.89. The number of hydrogen-bond donors (Lipinski definition) is 1. The largest absolute Gasteiger partial charge is 0.390 e. The van der Waals surface area contributed by atoms with Gasteiger partial charge in [0.25, 0.3) is 0 Å². The van der Waals surface area contributed by atoms with Crippen molar-refractivity contribution in [2.45, 2.75) is 63.9 Å². The Morgan fingerprint density at radius 3 is 2.53 bits per heavy atom. The number of hydrogen-bond acceptors (Lipinski definition) is 1. The summed E-state index contributed by atoms with van der Waals surface area (Å²) < 4.78 is 26.6. The van der Waals surface area contributed by atoms with Crippen LogP contribution in [0.15, 0.2) is 0 Å². The molecule has 0 aromatic carbocycles. The molecular formula is C12H20F2O. The van der Waals surface area contributed by atoms with Crippen LogP contribution in [-0.4, -0.2) is 16.6 Å². The molecule has 0 saturated heterocycles. The zero-order chi connectivity index (χ0) is 11.3. The molecule has 0 amide bonds. The van der Waals surface area contributed by atoms with Crippen LogP contribution in [0.2, 0.25) is 0 Å². The maximum absolute atomic E-state index is 13.3. The smallest absolute Gasteiger partial charge is 0.248 e. The minimum Gasteiger partial charge on any atom is -0.390 e. The molecule has 0 aromatic rings. The van der Waals surface area contributed by atoms with Crippen molar-refractivity contribution in [1.29, 1.82) is 0 Å². The second kappa shape index (κ2) is 3.16. The standard InChI is InChI=1S/C12H20F2O/c1-3-11(15)6-9-7-12(13,14)5-4-10(9,2)8-11/h9,15H,3-8H2,1-2H3. The van der Waals surface area contributed by atoms with Crippen LogP contribution in [0.1, 0.15) is 52.4 Å². The Hall–Kier alpha value is -0.180. The van der Waals surface area contributed by atoms with Gasteiger partial charge in [0.1, 0.15) is 0 Å². The van der Waals surface area contributed by atoms with E-state index in [4.69, 9.17) is 0 Å². The third-order valence-corrected chi connectivity index (χ3v) is 4.61. The van der Waals surface area contributed by atoms with Gasteiger partial charge in [-0.1, -0.05) is 13.8 Å². The monoisotopic (exact) mass is 218 g/mol. The maximum atomic E-state index is 13.3. The molecular weight excluding hydrogens is 198 g/mol. The highest BCUT2D eigenvalue weighted by Crippen LogP contribution is 2.59. The number of alkyl halides is 2. The van der Waals surface area contributed by atoms with Gasteiger partial charge in [0.05, 0.1) is 5.60 Å². The summed E-state index contributed by atoms with van der Waals surface area (Å²) in [4.78, 5) is 0. The van der Waals surface area contributed by atoms with Gasteiger partial charge in [-0.25, -0.2) is 8.78 Å². The second-order valence-electron chi connectivity index (χ2n) is 5.87. The predicted octanol–water partition coefficient (Wildman–Crippen LogP) is 3.36. The first-order chi connectivity index (χ1) is 6.79. The van der Waals surface area contributed by atoms with E-state index in [0.29, 0.717) is 25.7 Å². The quantitative estimate of drug-likeness (QED) is 0.715. The molecule has 15 heavy (non-hydrogen) atoms. The predicted molar refractivity (Wildman–Crippen MR) is 54.9 cm³/mol. The van der Waals surface area contributed by atoms with E-state index in [1.54, 1.807) is 0 Å². The molecule has 2 aliphatic carbocycles. The van der Waals surface area contributed by atoms with Gasteiger partial charge in [-0.2, -0.15) is 0 Å². The Morgan fingerprint density at radius 2 is 1.93 bits per heavy atom. The minimum absolute atomic E-state index is 0.000204. The highest BCUT2D eigenvalue weighted by atomic mass is 19.3. The maximum Gasteiger partial charge on any atom is 0.248 e. The van der Waals surface area contributed by atoms with Gasteiger partial charge in [0, 0.05) is 12.8 Å². The van der Waals surface area contributed by atoms with Gasteiger partial charge in [0.15, 0.2) is 0 Å². The van der Waals surface area contributed by atoms with Crippen LogP contribution in [0.5, 0.6) is 0 Å². The van der Waals surface area contributed by atoms with E-state index in [2.05, 4.69) is 6.92 Å². The molecule has 1 nitrogen and oxygen atoms in total. The van der Waals surface area contributed by atoms with Crippen LogP contribution in [-0.2, 0) is 0 Å². The average molecular weight is 218 g/mol. The molecule has 0 radical (unpaired) electrons. The molecule has 3 unspecified atom stereocenters. The van der Waals surface area contributed by atoms with E-state index in [9.17, 15) is 13.9 Å². The van der Waals surface area contributed by atoms with Crippen molar-refractivity contribution < 1.29 is 13.9 Å². The third kappa shape index (κ3) is 1.91. The number of fused-ring (bicyclic) bond motifs is 1. The van der Waals surface area contributed by atoms with Crippen LogP contribution < -0.4 is 0 Å². The van der Waals surface area contributed by atoms with Crippen molar-refractivity contribution in [3.63, 3.8) is 0 Å². The molecule has 3 heteroatoms. The van der Waals surface area contributed by atoms with Crippen molar-refractivity contribution >= 4 is 0 Å². The summed E-state index contributed by atoms with van der Waals surface area (Å²) in [5.74, 6) is -2.49. The molecule has 0 spiro atoms. The number of halogens is 2. The van der Waals surface area contributed by atoms with Crippen molar-refractivity contribution in [3.8, 4) is 0 Å². The fraction of sp³-hybridized carbons (Fsp3) is 1.00. The Labute approximate surface area is 89.9 Å². The fourth-order valence-corrected chi connectivity index (χ4v) is 3.48. The van der Waals surface area contributed by atoms with Crippen molar-refractivity contribution in [2.24, 2.45) is 11.3 Å². The summed E-state index contributed by atoms with van der Waals surface area (Å²) in [6.45, 7) is 4.01. The zero-order valence-electron chi connectivity index (χ0n) is 9.52. The van der Waals surface area contributed by atoms with Gasteiger partial charge in [-0.05, 0) is 37.0 Å². The summed E-state index contributed by atoms with van der Waals surface area (Å²) >= 11 is 0. The summed E-state index contributed by atoms with van der Waals surface area (Å²) in [5.41, 5.74) is -0.730. The molecule has 2 saturated carbocycles. The van der Waals surface area contributed by atoms with Crippen LogP contribution in [0.25, 0.3) is 0 Å². The van der Waals surface area contributed by atoms with Gasteiger partial charge < -0.3 is 5.11 Å². The third-order valence-electron chi connectivity index (χ3n) is 4.61. The zero-order valence-corrected chi connectivity index (χ0v) is 9.52. The molecule has 0 heterocycles. The van der Waals surface area contributed by atoms with Crippen molar-refractivity contribution in [3.05, 3.63) is 0 Å². The topological polar surface area (TPSA) is 20.2 Å². The van der Waals surface area contributed by atoms with E-state index in [1.165, 1.54) is 0 Å². The van der Waals surface area contributed by atoms with Gasteiger partial charge in [-0.15, -0.1) is 0 Å². The number of aliphatic hydroxyl groups is 1. The lowest BCUT2D eigenvalue weighted by Gasteiger charge is -2.39. The Bertz CT molecular complexity index is 266. The van der Waals surface area contributed by atoms with Crippen molar-refractivity contribution in [1.82, 2.24) is 0 Å². The highest BCUT2D eigenvalue weighted by Gasteiger charge is 2.56. The Balaban J connectivity index is 2.17. The van der Waals surface area contributed by atoms with E-state index >= 15 is 0 Å². The van der Waals surface area contributed by atoms with Gasteiger partial charge >= 0.3 is 0 Å². The molecule has 2 rings (SSSR count). The molecule has 2 aliphatic rings. The SMILES string of the molecule is CCC1(O)CC2CC(F)(F)CCC2(C)C1. The van der Waals surface area contributed by atoms with Crippen molar-refractivity contribution in [2.75, 3.05) is 0 Å². The molecule has 1 N–H and O–H groups in total. The first kappa shape index (κ1) is 11.3. The van der Waals surface area contributed by atoms with Gasteiger partial charge in [-0.3, -0.25) is 0 Å². The summed E-state index contributed by atoms with van der Waals surface area (Å²) in [6, 6.07) is 0. The minimum atomic E-state index is -2.50. The molecule has 0 bridgehead atoms. The van der Waals surface area contributed by atoms with E-state index < -0.39 is 11.5 Å². The molecule has 0 aromatic heterocycles. The lowest BCUT2D eigenvalue weighted by molar-refractivity contribution is -0.0851. The first-order valence-corrected chi connectivity index (χ1v) is 5.89. The average Bonchev–Trinajstić information content (AvgIpc) is 2.37.